The van der Waals surface area contributed by atoms with Crippen molar-refractivity contribution in [3.05, 3.63) is 93.7 Å². The number of amides is 2. The molecule has 2 aromatic carbocycles. The average Bonchev–Trinajstić information content (AvgIpc) is 3.26. The molecule has 0 unspecified atom stereocenters. The van der Waals surface area contributed by atoms with Crippen LogP contribution < -0.4 is 5.32 Å². The summed E-state index contributed by atoms with van der Waals surface area (Å²) in [6, 6.07) is 13.5. The molecule has 1 N–H and O–H groups in total. The number of nitrogens with zero attached hydrogens (tertiary/aromatic N) is 1. The third-order valence-electron chi connectivity index (χ3n) is 4.36. The Balaban J connectivity index is 1.80. The Morgan fingerprint density at radius 3 is 2.52 bits per heavy atom. The summed E-state index contributed by atoms with van der Waals surface area (Å²) in [5.41, 5.74) is 0.739. The Kier molecular flexibility index (Phi) is 5.13. The predicted molar refractivity (Wildman–Crippen MR) is 108 cm³/mol. The van der Waals surface area contributed by atoms with E-state index in [-0.39, 0.29) is 22.8 Å². The first-order valence-corrected chi connectivity index (χ1v) is 9.30. The second-order valence-corrected chi connectivity index (χ2v) is 7.13. The molecule has 1 aliphatic rings. The maximum absolute atomic E-state index is 13.6. The summed E-state index contributed by atoms with van der Waals surface area (Å²) in [7, 11) is 0. The van der Waals surface area contributed by atoms with Gasteiger partial charge in [-0.15, -0.1) is 0 Å². The number of rotatable bonds is 5. The molecule has 3 aromatic rings. The van der Waals surface area contributed by atoms with Gasteiger partial charge in [-0.25, -0.2) is 4.39 Å². The fourth-order valence-corrected chi connectivity index (χ4v) is 3.55. The lowest BCUT2D eigenvalue weighted by Gasteiger charge is -2.13. The molecule has 0 aliphatic carbocycles. The van der Waals surface area contributed by atoms with Crippen molar-refractivity contribution in [2.75, 3.05) is 5.32 Å². The van der Waals surface area contributed by atoms with Crippen molar-refractivity contribution in [3.63, 3.8) is 0 Å². The first kappa shape index (κ1) is 19.2. The molecule has 2 heterocycles. The smallest absolute Gasteiger partial charge is 0.278 e. The molecular weight excluding hydrogens is 418 g/mol. The van der Waals surface area contributed by atoms with Crippen molar-refractivity contribution >= 4 is 46.3 Å². The number of nitrogens with one attached hydrogen (secondary N) is 1. The van der Waals surface area contributed by atoms with Crippen LogP contribution in [0.4, 0.5) is 10.1 Å². The summed E-state index contributed by atoms with van der Waals surface area (Å²) >= 11 is 12.3. The molecule has 0 atom stereocenters. The van der Waals surface area contributed by atoms with Crippen LogP contribution in [-0.2, 0) is 16.1 Å². The summed E-state index contributed by atoms with van der Waals surface area (Å²) in [6.07, 6.45) is 1.46. The molecule has 146 valence electrons. The summed E-state index contributed by atoms with van der Waals surface area (Å²) in [5.74, 6) is -1.16. The molecule has 1 aromatic heterocycles. The number of furan rings is 1. The minimum Gasteiger partial charge on any atom is -0.467 e. The van der Waals surface area contributed by atoms with Crippen LogP contribution in [0.3, 0.4) is 0 Å². The molecule has 5 nitrogen and oxygen atoms in total. The largest absolute Gasteiger partial charge is 0.467 e. The highest BCUT2D eigenvalue weighted by atomic mass is 35.5. The van der Waals surface area contributed by atoms with Crippen LogP contribution in [-0.4, -0.2) is 16.7 Å². The Hall–Kier alpha value is -3.09. The summed E-state index contributed by atoms with van der Waals surface area (Å²) in [4.78, 5) is 27.3. The van der Waals surface area contributed by atoms with Crippen LogP contribution in [0, 0.1) is 5.82 Å². The quantitative estimate of drug-likeness (QED) is 0.570. The Bertz CT molecular complexity index is 1140. The first-order chi connectivity index (χ1) is 13.9. The lowest BCUT2D eigenvalue weighted by Crippen LogP contribution is -2.31. The number of hydrogen-bond donors (Lipinski definition) is 1. The van der Waals surface area contributed by atoms with E-state index in [0.29, 0.717) is 22.0 Å². The van der Waals surface area contributed by atoms with Gasteiger partial charge in [-0.2, -0.15) is 0 Å². The first-order valence-electron chi connectivity index (χ1n) is 8.55. The fraction of sp³-hybridized carbons (Fsp3) is 0.0476. The normalized spacial score (nSPS) is 14.1. The van der Waals surface area contributed by atoms with Gasteiger partial charge in [0.1, 0.15) is 17.3 Å². The Morgan fingerprint density at radius 1 is 1.00 bits per heavy atom. The fourth-order valence-electron chi connectivity index (χ4n) is 3.05. The lowest BCUT2D eigenvalue weighted by atomic mass is 10.0. The third-order valence-corrected chi connectivity index (χ3v) is 4.90. The van der Waals surface area contributed by atoms with Gasteiger partial charge in [0.15, 0.2) is 0 Å². The number of carbonyl (C=O) groups is 2. The number of halogens is 3. The number of carbonyl (C=O) groups excluding carboxylic acids is 2. The van der Waals surface area contributed by atoms with E-state index in [0.717, 1.165) is 4.90 Å². The van der Waals surface area contributed by atoms with Crippen molar-refractivity contribution in [1.82, 2.24) is 4.90 Å². The van der Waals surface area contributed by atoms with E-state index in [9.17, 15) is 14.0 Å². The second-order valence-electron chi connectivity index (χ2n) is 6.29. The molecule has 4 rings (SSSR count). The molecule has 0 radical (unpaired) electrons. The monoisotopic (exact) mass is 430 g/mol. The highest BCUT2D eigenvalue weighted by Gasteiger charge is 2.40. The van der Waals surface area contributed by atoms with Gasteiger partial charge in [0.2, 0.25) is 0 Å². The van der Waals surface area contributed by atoms with E-state index in [2.05, 4.69) is 5.32 Å². The maximum Gasteiger partial charge on any atom is 0.278 e. The van der Waals surface area contributed by atoms with Crippen LogP contribution in [0.5, 0.6) is 0 Å². The molecule has 2 amide bonds. The zero-order valence-corrected chi connectivity index (χ0v) is 16.3. The van der Waals surface area contributed by atoms with E-state index >= 15 is 0 Å². The average molecular weight is 431 g/mol. The summed E-state index contributed by atoms with van der Waals surface area (Å²) < 4.78 is 18.9. The van der Waals surface area contributed by atoms with Gasteiger partial charge in [-0.05, 0) is 42.5 Å². The van der Waals surface area contributed by atoms with Gasteiger partial charge in [0.25, 0.3) is 11.8 Å². The highest BCUT2D eigenvalue weighted by molar-refractivity contribution is 6.41. The molecule has 0 bridgehead atoms. The molecule has 0 saturated carbocycles. The lowest BCUT2D eigenvalue weighted by molar-refractivity contribution is -0.137. The minimum absolute atomic E-state index is 0.00335. The van der Waals surface area contributed by atoms with Crippen LogP contribution in [0.2, 0.25) is 10.0 Å². The standard InChI is InChI=1S/C21H13Cl2FN2O3/c22-12-6-7-16(17(23)9-12)18-19(25-14-4-1-3-13(24)10-14)21(28)26(20(18)27)11-15-5-2-8-29-15/h1-10,25H,11H2. The summed E-state index contributed by atoms with van der Waals surface area (Å²) in [6.45, 7) is -0.0479. The van der Waals surface area contributed by atoms with Crippen molar-refractivity contribution in [2.24, 2.45) is 0 Å². The van der Waals surface area contributed by atoms with Gasteiger partial charge in [-0.1, -0.05) is 35.3 Å². The predicted octanol–water partition coefficient (Wildman–Crippen LogP) is 5.12. The number of hydrogen-bond acceptors (Lipinski definition) is 4. The highest BCUT2D eigenvalue weighted by Crippen LogP contribution is 2.36. The van der Waals surface area contributed by atoms with Gasteiger partial charge >= 0.3 is 0 Å². The molecule has 29 heavy (non-hydrogen) atoms. The summed E-state index contributed by atoms with van der Waals surface area (Å²) in [5, 5.41) is 3.47. The van der Waals surface area contributed by atoms with Crippen LogP contribution >= 0.6 is 23.2 Å². The van der Waals surface area contributed by atoms with Crippen molar-refractivity contribution in [3.8, 4) is 0 Å². The number of benzene rings is 2. The second kappa shape index (κ2) is 7.73. The van der Waals surface area contributed by atoms with E-state index in [1.165, 1.54) is 30.5 Å². The Morgan fingerprint density at radius 2 is 1.83 bits per heavy atom. The zero-order valence-electron chi connectivity index (χ0n) is 14.8. The molecule has 8 heteroatoms. The van der Waals surface area contributed by atoms with Gasteiger partial charge in [0, 0.05) is 16.3 Å². The van der Waals surface area contributed by atoms with Crippen molar-refractivity contribution in [2.45, 2.75) is 6.54 Å². The van der Waals surface area contributed by atoms with Gasteiger partial charge in [-0.3, -0.25) is 14.5 Å². The van der Waals surface area contributed by atoms with E-state index in [1.807, 2.05) is 0 Å². The molecule has 0 spiro atoms. The van der Waals surface area contributed by atoms with Crippen molar-refractivity contribution < 1.29 is 18.4 Å². The molecular formula is C21H13Cl2FN2O3. The molecule has 0 saturated heterocycles. The van der Waals surface area contributed by atoms with Crippen molar-refractivity contribution in [1.29, 1.82) is 0 Å². The van der Waals surface area contributed by atoms with Gasteiger partial charge in [0.05, 0.1) is 23.4 Å². The SMILES string of the molecule is O=C1C(Nc2cccc(F)c2)=C(c2ccc(Cl)cc2Cl)C(=O)N1Cc1ccco1. The maximum atomic E-state index is 13.6. The Labute approximate surface area is 175 Å². The third kappa shape index (κ3) is 3.77. The van der Waals surface area contributed by atoms with Crippen LogP contribution in [0.1, 0.15) is 11.3 Å². The van der Waals surface area contributed by atoms with Gasteiger partial charge < -0.3 is 9.73 Å². The van der Waals surface area contributed by atoms with Crippen LogP contribution in [0.25, 0.3) is 5.57 Å². The number of imide groups is 1. The van der Waals surface area contributed by atoms with E-state index in [1.54, 1.807) is 30.3 Å². The van der Waals surface area contributed by atoms with E-state index in [4.69, 9.17) is 27.6 Å². The van der Waals surface area contributed by atoms with E-state index < -0.39 is 17.6 Å². The van der Waals surface area contributed by atoms with Crippen LogP contribution in [0.15, 0.2) is 71.0 Å². The number of anilines is 1. The minimum atomic E-state index is -0.573. The topological polar surface area (TPSA) is 62.6 Å². The molecule has 1 aliphatic heterocycles. The molecule has 0 fully saturated rings. The zero-order chi connectivity index (χ0) is 20.5.